The van der Waals surface area contributed by atoms with Crippen LogP contribution in [0.1, 0.15) is 17.3 Å². The number of alkyl halides is 3. The number of carbonyl (C=O) groups is 1. The first kappa shape index (κ1) is 21.3. The van der Waals surface area contributed by atoms with E-state index in [1.807, 2.05) is 6.07 Å². The number of carbonyl (C=O) groups excluding carboxylic acids is 1. The number of nitrogens with one attached hydrogen (secondary N) is 1. The summed E-state index contributed by atoms with van der Waals surface area (Å²) in [5.74, 6) is -0.570. The van der Waals surface area contributed by atoms with Gasteiger partial charge in [-0.05, 0) is 29.1 Å². The molecule has 32 heavy (non-hydrogen) atoms. The largest absolute Gasteiger partial charge is 0.314 e. The van der Waals surface area contributed by atoms with E-state index in [2.05, 4.69) is 15.5 Å². The van der Waals surface area contributed by atoms with Crippen LogP contribution in [0.25, 0.3) is 16.6 Å². The van der Waals surface area contributed by atoms with Crippen LogP contribution in [0.2, 0.25) is 0 Å². The van der Waals surface area contributed by atoms with Crippen LogP contribution in [0.15, 0.2) is 52.9 Å². The monoisotopic (exact) mass is 458 g/mol. The third kappa shape index (κ3) is 3.97. The van der Waals surface area contributed by atoms with Crippen LogP contribution >= 0.6 is 11.3 Å². The molecule has 0 saturated carbocycles. The number of hydrogen-bond acceptors (Lipinski definition) is 6. The number of nitrogens with zero attached hydrogens (tertiary/aromatic N) is 5. The van der Waals surface area contributed by atoms with E-state index >= 15 is 0 Å². The molecule has 0 aliphatic carbocycles. The molecule has 0 aliphatic rings. The molecular formula is C20H13F3N6O2S. The van der Waals surface area contributed by atoms with Crippen LogP contribution < -0.4 is 10.9 Å². The minimum atomic E-state index is -3.17. The summed E-state index contributed by atoms with van der Waals surface area (Å²) in [6.45, 7) is -0.394. The van der Waals surface area contributed by atoms with Gasteiger partial charge >= 0.3 is 0 Å². The summed E-state index contributed by atoms with van der Waals surface area (Å²) < 4.78 is 40.2. The maximum Gasteiger partial charge on any atom is 0.273 e. The lowest BCUT2D eigenvalue weighted by Crippen LogP contribution is -2.27. The zero-order valence-corrected chi connectivity index (χ0v) is 16.9. The van der Waals surface area contributed by atoms with Crippen LogP contribution in [-0.4, -0.2) is 31.9 Å². The fourth-order valence-electron chi connectivity index (χ4n) is 3.16. The molecule has 3 heterocycles. The van der Waals surface area contributed by atoms with Crippen molar-refractivity contribution in [3.05, 3.63) is 69.6 Å². The molecule has 1 amide bonds. The van der Waals surface area contributed by atoms with E-state index in [-0.39, 0.29) is 16.6 Å². The summed E-state index contributed by atoms with van der Waals surface area (Å²) >= 11 is 1.10. The Morgan fingerprint density at radius 1 is 1.19 bits per heavy atom. The van der Waals surface area contributed by atoms with Crippen molar-refractivity contribution in [2.75, 3.05) is 5.32 Å². The number of amides is 1. The number of pyridine rings is 1. The third-order valence-corrected chi connectivity index (χ3v) is 5.50. The summed E-state index contributed by atoms with van der Waals surface area (Å²) in [6, 6.07) is 8.27. The Kier molecular flexibility index (Phi) is 5.74. The van der Waals surface area contributed by atoms with Gasteiger partial charge in [0.15, 0.2) is 6.17 Å². The Labute approximate surface area is 182 Å². The topological polar surface area (TPSA) is 106 Å². The van der Waals surface area contributed by atoms with E-state index < -0.39 is 30.6 Å². The molecule has 1 atom stereocenters. The number of anilines is 1. The van der Waals surface area contributed by atoms with E-state index in [1.54, 1.807) is 0 Å². The van der Waals surface area contributed by atoms with Gasteiger partial charge in [0.25, 0.3) is 12.0 Å². The Morgan fingerprint density at radius 3 is 2.62 bits per heavy atom. The van der Waals surface area contributed by atoms with Crippen molar-refractivity contribution >= 4 is 33.1 Å². The second kappa shape index (κ2) is 8.64. The van der Waals surface area contributed by atoms with Gasteiger partial charge in [0.2, 0.25) is 5.91 Å². The van der Waals surface area contributed by atoms with Gasteiger partial charge in [0.1, 0.15) is 23.3 Å². The van der Waals surface area contributed by atoms with Gasteiger partial charge in [0.05, 0.1) is 23.5 Å². The molecular weight excluding hydrogens is 445 g/mol. The molecule has 1 aromatic carbocycles. The van der Waals surface area contributed by atoms with Crippen LogP contribution in [0.4, 0.5) is 18.2 Å². The SMILES string of the molecule is N#Cc1csc(NC(=O)Cn2c(=O)ccc3cc(C(F)C(F)F)ccc32)c1-n1nccn1. The standard InChI is InChI=1S/C20H13F3N6O2S/c21-17(19(22)23)12-1-3-14-11(7-12)2-4-16(31)28(14)9-15(30)27-20-18(13(8-24)10-32-20)29-25-5-6-26-29/h1-7,10,17,19H,9H2,(H,27,30). The third-order valence-electron chi connectivity index (χ3n) is 4.61. The van der Waals surface area contributed by atoms with E-state index in [9.17, 15) is 28.0 Å². The fraction of sp³-hybridized carbons (Fsp3) is 0.150. The molecule has 0 radical (unpaired) electrons. The first-order chi connectivity index (χ1) is 15.4. The molecule has 0 saturated heterocycles. The molecule has 0 aliphatic heterocycles. The van der Waals surface area contributed by atoms with Gasteiger partial charge in [-0.1, -0.05) is 6.07 Å². The molecule has 0 bridgehead atoms. The Bertz CT molecular complexity index is 1390. The van der Waals surface area contributed by atoms with Crippen LogP contribution in [0.5, 0.6) is 0 Å². The van der Waals surface area contributed by atoms with E-state index in [4.69, 9.17) is 0 Å². The van der Waals surface area contributed by atoms with Gasteiger partial charge in [-0.2, -0.15) is 15.5 Å². The number of nitriles is 1. The summed E-state index contributed by atoms with van der Waals surface area (Å²) in [7, 11) is 0. The molecule has 1 unspecified atom stereocenters. The number of aromatic nitrogens is 4. The van der Waals surface area contributed by atoms with Crippen molar-refractivity contribution in [3.63, 3.8) is 0 Å². The Morgan fingerprint density at radius 2 is 1.94 bits per heavy atom. The molecule has 0 spiro atoms. The smallest absolute Gasteiger partial charge is 0.273 e. The van der Waals surface area contributed by atoms with Crippen molar-refractivity contribution in [1.82, 2.24) is 19.6 Å². The normalized spacial score (nSPS) is 12.1. The van der Waals surface area contributed by atoms with E-state index in [0.717, 1.165) is 22.0 Å². The Hall–Kier alpha value is -3.98. The van der Waals surface area contributed by atoms with Crippen LogP contribution in [0, 0.1) is 11.3 Å². The van der Waals surface area contributed by atoms with Crippen molar-refractivity contribution < 1.29 is 18.0 Å². The predicted molar refractivity (Wildman–Crippen MR) is 111 cm³/mol. The van der Waals surface area contributed by atoms with E-state index in [0.29, 0.717) is 16.1 Å². The molecule has 4 aromatic rings. The number of rotatable bonds is 6. The fourth-order valence-corrected chi connectivity index (χ4v) is 4.04. The Balaban J connectivity index is 1.64. The maximum absolute atomic E-state index is 13.7. The number of hydrogen-bond donors (Lipinski definition) is 1. The van der Waals surface area contributed by atoms with Gasteiger partial charge in [-0.15, -0.1) is 16.1 Å². The number of fused-ring (bicyclic) bond motifs is 1. The number of halogens is 3. The van der Waals surface area contributed by atoms with Gasteiger partial charge in [-0.25, -0.2) is 13.2 Å². The van der Waals surface area contributed by atoms with Crippen LogP contribution in [0.3, 0.4) is 0 Å². The molecule has 12 heteroatoms. The maximum atomic E-state index is 13.7. The lowest BCUT2D eigenvalue weighted by molar-refractivity contribution is -0.116. The second-order valence-electron chi connectivity index (χ2n) is 6.62. The van der Waals surface area contributed by atoms with Gasteiger partial charge in [0, 0.05) is 11.4 Å². The lowest BCUT2D eigenvalue weighted by atomic mass is 10.1. The summed E-state index contributed by atoms with van der Waals surface area (Å²) in [5, 5.41) is 22.1. The van der Waals surface area contributed by atoms with Crippen molar-refractivity contribution in [1.29, 1.82) is 5.26 Å². The van der Waals surface area contributed by atoms with E-state index in [1.165, 1.54) is 46.8 Å². The summed E-state index contributed by atoms with van der Waals surface area (Å²) in [4.78, 5) is 26.3. The molecule has 162 valence electrons. The highest BCUT2D eigenvalue weighted by atomic mass is 32.1. The van der Waals surface area contributed by atoms with Crippen LogP contribution in [-0.2, 0) is 11.3 Å². The first-order valence-corrected chi connectivity index (χ1v) is 10.0. The second-order valence-corrected chi connectivity index (χ2v) is 7.50. The highest BCUT2D eigenvalue weighted by Crippen LogP contribution is 2.31. The highest BCUT2D eigenvalue weighted by Gasteiger charge is 2.22. The minimum Gasteiger partial charge on any atom is -0.314 e. The number of benzene rings is 1. The average molecular weight is 458 g/mol. The lowest BCUT2D eigenvalue weighted by Gasteiger charge is -2.13. The zero-order valence-electron chi connectivity index (χ0n) is 16.1. The minimum absolute atomic E-state index is 0.221. The molecule has 1 N–H and O–H groups in total. The predicted octanol–water partition coefficient (Wildman–Crippen LogP) is 3.43. The van der Waals surface area contributed by atoms with Gasteiger partial charge < -0.3 is 5.32 Å². The first-order valence-electron chi connectivity index (χ1n) is 9.13. The highest BCUT2D eigenvalue weighted by molar-refractivity contribution is 7.15. The van der Waals surface area contributed by atoms with Crippen molar-refractivity contribution in [3.8, 4) is 11.8 Å². The molecule has 4 rings (SSSR count). The molecule has 3 aromatic heterocycles. The van der Waals surface area contributed by atoms with Crippen molar-refractivity contribution in [2.45, 2.75) is 19.1 Å². The summed E-state index contributed by atoms with van der Waals surface area (Å²) in [5.41, 5.74) is 0.128. The zero-order chi connectivity index (χ0) is 22.8. The quantitative estimate of drug-likeness (QED) is 0.477. The molecule has 0 fully saturated rings. The number of thiophene rings is 1. The summed E-state index contributed by atoms with van der Waals surface area (Å²) in [6.07, 6.45) is -2.79. The average Bonchev–Trinajstić information content (AvgIpc) is 3.44. The molecule has 8 nitrogen and oxygen atoms in total. The van der Waals surface area contributed by atoms with Gasteiger partial charge in [-0.3, -0.25) is 14.2 Å². The van der Waals surface area contributed by atoms with Crippen molar-refractivity contribution in [2.24, 2.45) is 0 Å².